The van der Waals surface area contributed by atoms with Crippen molar-refractivity contribution in [2.45, 2.75) is 17.7 Å². The topological polar surface area (TPSA) is 101 Å². The SMILES string of the molecule is CN=S(C)(=O)c1cc(OCCCC#N)cnc1N. The average Bonchev–Trinajstić information content (AvgIpc) is 2.36. The third kappa shape index (κ3) is 3.60. The van der Waals surface area contributed by atoms with Crippen molar-refractivity contribution in [3.8, 4) is 11.8 Å². The van der Waals surface area contributed by atoms with Crippen LogP contribution in [0.25, 0.3) is 0 Å². The Morgan fingerprint density at radius 3 is 3.00 bits per heavy atom. The molecule has 0 saturated heterocycles. The summed E-state index contributed by atoms with van der Waals surface area (Å²) in [6.07, 6.45) is 4.04. The van der Waals surface area contributed by atoms with Gasteiger partial charge in [0.05, 0.1) is 33.5 Å². The third-order valence-corrected chi connectivity index (χ3v) is 4.15. The number of aromatic nitrogens is 1. The first kappa shape index (κ1) is 14.3. The van der Waals surface area contributed by atoms with Crippen molar-refractivity contribution in [3.05, 3.63) is 12.3 Å². The van der Waals surface area contributed by atoms with E-state index < -0.39 is 9.73 Å². The van der Waals surface area contributed by atoms with Crippen molar-refractivity contribution >= 4 is 15.5 Å². The second kappa shape index (κ2) is 6.21. The number of anilines is 1. The summed E-state index contributed by atoms with van der Waals surface area (Å²) in [5.41, 5.74) is 5.68. The number of nitrogens with zero attached hydrogens (tertiary/aromatic N) is 3. The zero-order valence-electron chi connectivity index (χ0n) is 10.4. The predicted octanol–water partition coefficient (Wildman–Crippen LogP) is 1.43. The van der Waals surface area contributed by atoms with Gasteiger partial charge in [-0.15, -0.1) is 0 Å². The summed E-state index contributed by atoms with van der Waals surface area (Å²) in [5, 5.41) is 8.40. The second-order valence-electron chi connectivity index (χ2n) is 3.65. The van der Waals surface area contributed by atoms with Crippen molar-refractivity contribution in [1.82, 2.24) is 4.98 Å². The maximum Gasteiger partial charge on any atom is 0.140 e. The quantitative estimate of drug-likeness (QED) is 0.814. The highest BCUT2D eigenvalue weighted by molar-refractivity contribution is 7.93. The lowest BCUT2D eigenvalue weighted by molar-refractivity contribution is 0.311. The highest BCUT2D eigenvalue weighted by atomic mass is 32.2. The lowest BCUT2D eigenvalue weighted by atomic mass is 10.3. The highest BCUT2D eigenvalue weighted by Crippen LogP contribution is 2.22. The van der Waals surface area contributed by atoms with E-state index in [1.54, 1.807) is 6.07 Å². The molecule has 6 nitrogen and oxygen atoms in total. The van der Waals surface area contributed by atoms with Crippen LogP contribution in [0.15, 0.2) is 21.5 Å². The van der Waals surface area contributed by atoms with Crippen LogP contribution < -0.4 is 10.5 Å². The Labute approximate surface area is 107 Å². The minimum Gasteiger partial charge on any atom is -0.492 e. The first-order valence-corrected chi connectivity index (χ1v) is 7.29. The predicted molar refractivity (Wildman–Crippen MR) is 69.7 cm³/mol. The summed E-state index contributed by atoms with van der Waals surface area (Å²) >= 11 is 0. The monoisotopic (exact) mass is 268 g/mol. The van der Waals surface area contributed by atoms with Crippen LogP contribution in [0.3, 0.4) is 0 Å². The van der Waals surface area contributed by atoms with E-state index in [1.165, 1.54) is 19.5 Å². The lowest BCUT2D eigenvalue weighted by Crippen LogP contribution is -2.06. The molecule has 1 aromatic heterocycles. The molecule has 18 heavy (non-hydrogen) atoms. The molecule has 0 radical (unpaired) electrons. The van der Waals surface area contributed by atoms with Gasteiger partial charge in [-0.25, -0.2) is 13.6 Å². The van der Waals surface area contributed by atoms with Crippen LogP contribution in [0.4, 0.5) is 5.82 Å². The fraction of sp³-hybridized carbons (Fsp3) is 0.455. The Bertz CT molecular complexity index is 571. The van der Waals surface area contributed by atoms with Gasteiger partial charge in [-0.3, -0.25) is 0 Å². The Morgan fingerprint density at radius 2 is 2.39 bits per heavy atom. The van der Waals surface area contributed by atoms with E-state index in [4.69, 9.17) is 15.7 Å². The molecule has 7 heteroatoms. The van der Waals surface area contributed by atoms with Crippen LogP contribution in [0.5, 0.6) is 5.75 Å². The van der Waals surface area contributed by atoms with Crippen molar-refractivity contribution in [2.75, 3.05) is 25.6 Å². The minimum atomic E-state index is -2.53. The van der Waals surface area contributed by atoms with E-state index in [2.05, 4.69) is 9.35 Å². The average molecular weight is 268 g/mol. The summed E-state index contributed by atoms with van der Waals surface area (Å²) in [7, 11) is -1.06. The third-order valence-electron chi connectivity index (χ3n) is 2.31. The molecule has 1 heterocycles. The molecule has 1 unspecified atom stereocenters. The number of ether oxygens (including phenoxy) is 1. The van der Waals surface area contributed by atoms with Crippen LogP contribution in [0.2, 0.25) is 0 Å². The summed E-state index contributed by atoms with van der Waals surface area (Å²) in [6.45, 7) is 0.409. The number of pyridine rings is 1. The Balaban J connectivity index is 2.89. The molecule has 1 rings (SSSR count). The van der Waals surface area contributed by atoms with Crippen molar-refractivity contribution < 1.29 is 8.95 Å². The van der Waals surface area contributed by atoms with Gasteiger partial charge in [0.25, 0.3) is 0 Å². The molecule has 2 N–H and O–H groups in total. The maximum absolute atomic E-state index is 12.1. The number of rotatable bonds is 5. The van der Waals surface area contributed by atoms with Crippen LogP contribution in [0.1, 0.15) is 12.8 Å². The van der Waals surface area contributed by atoms with Gasteiger partial charge in [0, 0.05) is 25.8 Å². The van der Waals surface area contributed by atoms with E-state index in [0.717, 1.165) is 0 Å². The summed E-state index contributed by atoms with van der Waals surface area (Å²) in [6, 6.07) is 3.62. The first-order valence-electron chi connectivity index (χ1n) is 5.37. The molecule has 0 saturated carbocycles. The number of hydrogen-bond donors (Lipinski definition) is 1. The number of hydrogen-bond acceptors (Lipinski definition) is 6. The first-order chi connectivity index (χ1) is 8.51. The molecule has 0 aliphatic rings. The van der Waals surface area contributed by atoms with E-state index >= 15 is 0 Å². The Hall–Kier alpha value is -1.81. The van der Waals surface area contributed by atoms with Gasteiger partial charge < -0.3 is 10.5 Å². The number of nitrogen functional groups attached to an aromatic ring is 1. The van der Waals surface area contributed by atoms with Gasteiger partial charge in [-0.05, 0) is 6.42 Å². The van der Waals surface area contributed by atoms with Crippen LogP contribution in [-0.4, -0.2) is 29.1 Å². The molecule has 0 amide bonds. The zero-order chi connectivity index (χ0) is 13.6. The van der Waals surface area contributed by atoms with Crippen molar-refractivity contribution in [3.63, 3.8) is 0 Å². The molecule has 0 fully saturated rings. The summed E-state index contributed by atoms with van der Waals surface area (Å²) in [5.74, 6) is 0.674. The Morgan fingerprint density at radius 1 is 1.67 bits per heavy atom. The molecule has 0 bridgehead atoms. The molecule has 0 aliphatic heterocycles. The molecule has 98 valence electrons. The molecule has 1 aromatic rings. The fourth-order valence-corrected chi connectivity index (χ4v) is 2.23. The van der Waals surface area contributed by atoms with Crippen molar-refractivity contribution in [1.29, 1.82) is 5.26 Å². The number of unbranched alkanes of at least 4 members (excludes halogenated alkanes) is 1. The van der Waals surface area contributed by atoms with Crippen LogP contribution in [-0.2, 0) is 9.73 Å². The van der Waals surface area contributed by atoms with Gasteiger partial charge in [0.1, 0.15) is 11.6 Å². The van der Waals surface area contributed by atoms with E-state index in [1.807, 2.05) is 6.07 Å². The van der Waals surface area contributed by atoms with Gasteiger partial charge in [0.15, 0.2) is 0 Å². The van der Waals surface area contributed by atoms with Crippen LogP contribution >= 0.6 is 0 Å². The second-order valence-corrected chi connectivity index (χ2v) is 6.06. The molecular weight excluding hydrogens is 252 g/mol. The van der Waals surface area contributed by atoms with E-state index in [0.29, 0.717) is 30.1 Å². The molecule has 0 spiro atoms. The summed E-state index contributed by atoms with van der Waals surface area (Å²) in [4.78, 5) is 4.32. The smallest absolute Gasteiger partial charge is 0.140 e. The molecular formula is C11H16N4O2S. The number of nitrogens with two attached hydrogens (primary N) is 1. The van der Waals surface area contributed by atoms with Gasteiger partial charge in [-0.1, -0.05) is 0 Å². The standard InChI is InChI=1S/C11H16N4O2S/c1-14-18(2,16)10-7-9(8-15-11(10)13)17-6-4-3-5-12/h7-8H,3-4,6H2,1-2H3,(H2,13,15). The van der Waals surface area contributed by atoms with E-state index in [9.17, 15) is 4.21 Å². The molecule has 0 aliphatic carbocycles. The lowest BCUT2D eigenvalue weighted by Gasteiger charge is -2.09. The minimum absolute atomic E-state index is 0.192. The van der Waals surface area contributed by atoms with Gasteiger partial charge >= 0.3 is 0 Å². The maximum atomic E-state index is 12.1. The molecule has 0 aromatic carbocycles. The molecule has 1 atom stereocenters. The number of nitriles is 1. The van der Waals surface area contributed by atoms with Crippen LogP contribution in [0, 0.1) is 11.3 Å². The van der Waals surface area contributed by atoms with E-state index in [-0.39, 0.29) is 5.82 Å². The fourth-order valence-electron chi connectivity index (χ4n) is 1.26. The Kier molecular flexibility index (Phi) is 4.92. The largest absolute Gasteiger partial charge is 0.492 e. The zero-order valence-corrected chi connectivity index (χ0v) is 11.2. The van der Waals surface area contributed by atoms with Gasteiger partial charge in [0.2, 0.25) is 0 Å². The van der Waals surface area contributed by atoms with Crippen molar-refractivity contribution in [2.24, 2.45) is 4.36 Å². The normalized spacial score (nSPS) is 13.4. The highest BCUT2D eigenvalue weighted by Gasteiger charge is 2.12. The van der Waals surface area contributed by atoms with Gasteiger partial charge in [-0.2, -0.15) is 5.26 Å². The summed E-state index contributed by atoms with van der Waals surface area (Å²) < 4.78 is 21.3.